The number of hydrogen-bond acceptors (Lipinski definition) is 2. The molecule has 1 nitrogen and oxygen atoms in total. The fourth-order valence-corrected chi connectivity index (χ4v) is 3.10. The molecule has 1 unspecified atom stereocenters. The van der Waals surface area contributed by atoms with Gasteiger partial charge in [0.15, 0.2) is 0 Å². The van der Waals surface area contributed by atoms with Crippen molar-refractivity contribution in [3.8, 4) is 0 Å². The van der Waals surface area contributed by atoms with Crippen LogP contribution in [0, 0.1) is 5.92 Å². The van der Waals surface area contributed by atoms with Gasteiger partial charge in [-0.15, -0.1) is 11.3 Å². The maximum Gasteiger partial charge on any atom is 0.00803 e. The topological polar surface area (TPSA) is 12.0 Å². The highest BCUT2D eigenvalue weighted by molar-refractivity contribution is 7.10. The zero-order chi connectivity index (χ0) is 9.10. The Hall–Kier alpha value is -0.340. The number of aryl methyl sites for hydroxylation is 1. The third-order valence-electron chi connectivity index (χ3n) is 2.86. The van der Waals surface area contributed by atoms with E-state index in [1.165, 1.54) is 32.4 Å². The van der Waals surface area contributed by atoms with Crippen molar-refractivity contribution in [1.29, 1.82) is 0 Å². The van der Waals surface area contributed by atoms with Crippen LogP contribution in [0.1, 0.15) is 23.8 Å². The highest BCUT2D eigenvalue weighted by atomic mass is 32.1. The van der Waals surface area contributed by atoms with E-state index in [0.29, 0.717) is 0 Å². The second-order valence-electron chi connectivity index (χ2n) is 3.79. The standard InChI is InChI=1S/C11H17NS/c1-2-10-4-6-13-11(10)7-9-3-5-12-8-9/h4,6,9,12H,2-3,5,7-8H2,1H3. The lowest BCUT2D eigenvalue weighted by Gasteiger charge is -2.07. The van der Waals surface area contributed by atoms with Gasteiger partial charge in [0.05, 0.1) is 0 Å². The summed E-state index contributed by atoms with van der Waals surface area (Å²) >= 11 is 1.93. The summed E-state index contributed by atoms with van der Waals surface area (Å²) < 4.78 is 0. The lowest BCUT2D eigenvalue weighted by molar-refractivity contribution is 0.583. The molecule has 0 aliphatic carbocycles. The summed E-state index contributed by atoms with van der Waals surface area (Å²) in [6, 6.07) is 2.28. The van der Waals surface area contributed by atoms with Gasteiger partial charge in [-0.05, 0) is 55.3 Å². The van der Waals surface area contributed by atoms with Crippen molar-refractivity contribution in [2.24, 2.45) is 5.92 Å². The van der Waals surface area contributed by atoms with Gasteiger partial charge >= 0.3 is 0 Å². The van der Waals surface area contributed by atoms with Gasteiger partial charge in [-0.25, -0.2) is 0 Å². The Kier molecular flexibility index (Phi) is 3.01. The van der Waals surface area contributed by atoms with Crippen molar-refractivity contribution in [1.82, 2.24) is 5.32 Å². The highest BCUT2D eigenvalue weighted by Crippen LogP contribution is 2.23. The van der Waals surface area contributed by atoms with Crippen LogP contribution in [0.3, 0.4) is 0 Å². The molecule has 1 N–H and O–H groups in total. The average molecular weight is 195 g/mol. The summed E-state index contributed by atoms with van der Waals surface area (Å²) in [4.78, 5) is 1.62. The number of nitrogens with one attached hydrogen (secondary N) is 1. The van der Waals surface area contributed by atoms with Gasteiger partial charge in [-0.3, -0.25) is 0 Å². The summed E-state index contributed by atoms with van der Waals surface area (Å²) in [6.07, 6.45) is 3.86. The molecule has 2 heterocycles. The van der Waals surface area contributed by atoms with Crippen LogP contribution in [-0.2, 0) is 12.8 Å². The van der Waals surface area contributed by atoms with E-state index in [0.717, 1.165) is 5.92 Å². The number of thiophene rings is 1. The molecule has 1 saturated heterocycles. The molecule has 0 bridgehead atoms. The van der Waals surface area contributed by atoms with E-state index in [1.807, 2.05) is 11.3 Å². The number of rotatable bonds is 3. The first-order valence-electron chi connectivity index (χ1n) is 5.16. The predicted molar refractivity (Wildman–Crippen MR) is 58.4 cm³/mol. The molecule has 2 rings (SSSR count). The van der Waals surface area contributed by atoms with Crippen LogP contribution in [0.5, 0.6) is 0 Å². The first-order valence-corrected chi connectivity index (χ1v) is 6.04. The van der Waals surface area contributed by atoms with Gasteiger partial charge in [0.1, 0.15) is 0 Å². The van der Waals surface area contributed by atoms with E-state index in [9.17, 15) is 0 Å². The highest BCUT2D eigenvalue weighted by Gasteiger charge is 2.16. The van der Waals surface area contributed by atoms with E-state index in [1.54, 1.807) is 10.4 Å². The van der Waals surface area contributed by atoms with Crippen LogP contribution in [-0.4, -0.2) is 13.1 Å². The molecule has 2 heteroatoms. The first-order chi connectivity index (χ1) is 6.40. The minimum Gasteiger partial charge on any atom is -0.316 e. The molecule has 0 radical (unpaired) electrons. The van der Waals surface area contributed by atoms with Crippen LogP contribution in [0.25, 0.3) is 0 Å². The van der Waals surface area contributed by atoms with Crippen molar-refractivity contribution < 1.29 is 0 Å². The van der Waals surface area contributed by atoms with Gasteiger partial charge in [0.25, 0.3) is 0 Å². The molecular formula is C11H17NS. The van der Waals surface area contributed by atoms with E-state index in [4.69, 9.17) is 0 Å². The fraction of sp³-hybridized carbons (Fsp3) is 0.636. The summed E-state index contributed by atoms with van der Waals surface area (Å²) in [5.41, 5.74) is 1.57. The second-order valence-corrected chi connectivity index (χ2v) is 4.79. The van der Waals surface area contributed by atoms with Crippen molar-refractivity contribution in [2.45, 2.75) is 26.2 Å². The van der Waals surface area contributed by atoms with E-state index < -0.39 is 0 Å². The van der Waals surface area contributed by atoms with Crippen LogP contribution in [0.15, 0.2) is 11.4 Å². The molecule has 1 fully saturated rings. The molecule has 1 aliphatic heterocycles. The molecule has 1 aliphatic rings. The molecule has 0 amide bonds. The minimum absolute atomic E-state index is 0.893. The zero-order valence-corrected chi connectivity index (χ0v) is 8.99. The summed E-state index contributed by atoms with van der Waals surface area (Å²) in [7, 11) is 0. The lowest BCUT2D eigenvalue weighted by Crippen LogP contribution is -2.10. The second kappa shape index (κ2) is 4.25. The predicted octanol–water partition coefficient (Wildman–Crippen LogP) is 2.46. The molecule has 1 aromatic rings. The van der Waals surface area contributed by atoms with Crippen molar-refractivity contribution in [3.05, 3.63) is 21.9 Å². The summed E-state index contributed by atoms with van der Waals surface area (Å²) in [5, 5.41) is 5.66. The molecule has 1 aromatic heterocycles. The molecule has 13 heavy (non-hydrogen) atoms. The van der Waals surface area contributed by atoms with Crippen molar-refractivity contribution in [2.75, 3.05) is 13.1 Å². The molecule has 0 spiro atoms. The van der Waals surface area contributed by atoms with Crippen LogP contribution >= 0.6 is 11.3 Å². The van der Waals surface area contributed by atoms with Gasteiger partial charge < -0.3 is 5.32 Å². The Balaban J connectivity index is 1.99. The Labute approximate surface area is 84.2 Å². The summed E-state index contributed by atoms with van der Waals surface area (Å²) in [5.74, 6) is 0.893. The first kappa shape index (κ1) is 9.22. The quantitative estimate of drug-likeness (QED) is 0.781. The van der Waals surface area contributed by atoms with E-state index >= 15 is 0 Å². The smallest absolute Gasteiger partial charge is 0.00803 e. The van der Waals surface area contributed by atoms with E-state index in [-0.39, 0.29) is 0 Å². The van der Waals surface area contributed by atoms with Crippen LogP contribution in [0.4, 0.5) is 0 Å². The fourth-order valence-electron chi connectivity index (χ4n) is 2.01. The van der Waals surface area contributed by atoms with Gasteiger partial charge in [0.2, 0.25) is 0 Å². The minimum atomic E-state index is 0.893. The molecule has 0 aromatic carbocycles. The molecular weight excluding hydrogens is 178 g/mol. The maximum absolute atomic E-state index is 3.43. The van der Waals surface area contributed by atoms with Crippen molar-refractivity contribution in [3.63, 3.8) is 0 Å². The van der Waals surface area contributed by atoms with Gasteiger partial charge in [-0.1, -0.05) is 6.92 Å². The third-order valence-corrected chi connectivity index (χ3v) is 3.84. The largest absolute Gasteiger partial charge is 0.316 e. The van der Waals surface area contributed by atoms with Gasteiger partial charge in [-0.2, -0.15) is 0 Å². The Morgan fingerprint density at radius 1 is 1.62 bits per heavy atom. The zero-order valence-electron chi connectivity index (χ0n) is 8.18. The monoisotopic (exact) mass is 195 g/mol. The Bertz CT molecular complexity index is 261. The van der Waals surface area contributed by atoms with E-state index in [2.05, 4.69) is 23.7 Å². The molecule has 72 valence electrons. The molecule has 0 saturated carbocycles. The Morgan fingerprint density at radius 3 is 3.23 bits per heavy atom. The Morgan fingerprint density at radius 2 is 2.54 bits per heavy atom. The number of hydrogen-bond donors (Lipinski definition) is 1. The van der Waals surface area contributed by atoms with Crippen LogP contribution in [0.2, 0.25) is 0 Å². The third kappa shape index (κ3) is 2.12. The normalized spacial score (nSPS) is 22.4. The van der Waals surface area contributed by atoms with Gasteiger partial charge in [0, 0.05) is 4.88 Å². The summed E-state index contributed by atoms with van der Waals surface area (Å²) in [6.45, 7) is 4.69. The average Bonchev–Trinajstić information content (AvgIpc) is 2.76. The van der Waals surface area contributed by atoms with Crippen LogP contribution < -0.4 is 5.32 Å². The van der Waals surface area contributed by atoms with Crippen molar-refractivity contribution >= 4 is 11.3 Å². The maximum atomic E-state index is 3.43. The SMILES string of the molecule is CCc1ccsc1CC1CCNC1. The molecule has 1 atom stereocenters. The lowest BCUT2D eigenvalue weighted by atomic mass is 10.0.